The summed E-state index contributed by atoms with van der Waals surface area (Å²) in [6.07, 6.45) is 3.77. The number of nitrogens with one attached hydrogen (secondary N) is 1. The predicted molar refractivity (Wildman–Crippen MR) is 80.6 cm³/mol. The maximum absolute atomic E-state index is 12.1. The average Bonchev–Trinajstić information content (AvgIpc) is 3.02. The summed E-state index contributed by atoms with van der Waals surface area (Å²) in [6, 6.07) is 11.3. The molecular formula is C16H20N2O3. The molecule has 2 rings (SSSR count). The van der Waals surface area contributed by atoms with Gasteiger partial charge in [-0.2, -0.15) is 0 Å². The Kier molecular flexibility index (Phi) is 5.54. The Morgan fingerprint density at radius 2 is 2.10 bits per heavy atom. The molecule has 0 saturated heterocycles. The van der Waals surface area contributed by atoms with Crippen LogP contribution in [0.2, 0.25) is 0 Å². The minimum Gasteiger partial charge on any atom is -0.391 e. The average molecular weight is 288 g/mol. The summed E-state index contributed by atoms with van der Waals surface area (Å²) in [5, 5.41) is 12.3. The summed E-state index contributed by atoms with van der Waals surface area (Å²) < 4.78 is 6.78. The predicted octanol–water partition coefficient (Wildman–Crippen LogP) is 1.60. The van der Waals surface area contributed by atoms with Crippen molar-refractivity contribution < 1.29 is 14.6 Å². The Balaban J connectivity index is 1.92. The van der Waals surface area contributed by atoms with Crippen LogP contribution in [-0.4, -0.2) is 41.9 Å². The van der Waals surface area contributed by atoms with Gasteiger partial charge in [0.25, 0.3) is 5.91 Å². The topological polar surface area (TPSA) is 63.5 Å². The van der Waals surface area contributed by atoms with Crippen LogP contribution in [0, 0.1) is 0 Å². The lowest BCUT2D eigenvalue weighted by atomic mass is 10.2. The lowest BCUT2D eigenvalue weighted by Gasteiger charge is -2.11. The highest BCUT2D eigenvalue weighted by Gasteiger charge is 2.08. The molecule has 0 bridgehead atoms. The highest BCUT2D eigenvalue weighted by molar-refractivity contribution is 5.94. The van der Waals surface area contributed by atoms with Gasteiger partial charge in [-0.3, -0.25) is 4.79 Å². The Hall–Kier alpha value is -2.11. The van der Waals surface area contributed by atoms with E-state index in [4.69, 9.17) is 4.74 Å². The van der Waals surface area contributed by atoms with Gasteiger partial charge in [0.15, 0.2) is 0 Å². The summed E-state index contributed by atoms with van der Waals surface area (Å²) in [5.41, 5.74) is 1.54. The van der Waals surface area contributed by atoms with Gasteiger partial charge in [-0.25, -0.2) is 0 Å². The summed E-state index contributed by atoms with van der Waals surface area (Å²) >= 11 is 0. The van der Waals surface area contributed by atoms with E-state index in [2.05, 4.69) is 5.32 Å². The van der Waals surface area contributed by atoms with Crippen molar-refractivity contribution in [3.63, 3.8) is 0 Å². The van der Waals surface area contributed by atoms with Crippen molar-refractivity contribution in [1.82, 2.24) is 9.88 Å². The lowest BCUT2D eigenvalue weighted by molar-refractivity contribution is 0.0587. The standard InChI is InChI=1S/C16H20N2O3/c1-21-12-15(19)7-8-17-16(20)13-5-4-6-14(11-13)18-9-2-3-10-18/h2-6,9-11,15,19H,7-8,12H2,1H3,(H,17,20). The van der Waals surface area contributed by atoms with E-state index in [1.807, 2.05) is 47.3 Å². The van der Waals surface area contributed by atoms with Crippen molar-refractivity contribution in [2.24, 2.45) is 0 Å². The molecule has 1 aromatic heterocycles. The van der Waals surface area contributed by atoms with E-state index in [0.717, 1.165) is 5.69 Å². The Morgan fingerprint density at radius 1 is 1.33 bits per heavy atom. The maximum atomic E-state index is 12.1. The van der Waals surface area contributed by atoms with E-state index in [-0.39, 0.29) is 12.5 Å². The molecule has 1 atom stereocenters. The van der Waals surface area contributed by atoms with Gasteiger partial charge in [0.2, 0.25) is 0 Å². The van der Waals surface area contributed by atoms with Crippen LogP contribution in [0.1, 0.15) is 16.8 Å². The number of carbonyl (C=O) groups is 1. The quantitative estimate of drug-likeness (QED) is 0.813. The monoisotopic (exact) mass is 288 g/mol. The number of hydrogen-bond donors (Lipinski definition) is 2. The van der Waals surface area contributed by atoms with Crippen LogP contribution in [-0.2, 0) is 4.74 Å². The number of ether oxygens (including phenoxy) is 1. The summed E-state index contributed by atoms with van der Waals surface area (Å²) in [7, 11) is 1.54. The molecule has 112 valence electrons. The number of benzene rings is 1. The van der Waals surface area contributed by atoms with Crippen LogP contribution in [0.4, 0.5) is 0 Å². The van der Waals surface area contributed by atoms with Gasteiger partial charge in [-0.15, -0.1) is 0 Å². The molecule has 1 unspecified atom stereocenters. The first kappa shape index (κ1) is 15.3. The Bertz CT molecular complexity index is 567. The minimum absolute atomic E-state index is 0.145. The van der Waals surface area contributed by atoms with Gasteiger partial charge in [0.1, 0.15) is 0 Å². The first-order chi connectivity index (χ1) is 10.2. The van der Waals surface area contributed by atoms with Crippen molar-refractivity contribution in [3.05, 3.63) is 54.4 Å². The van der Waals surface area contributed by atoms with Crippen LogP contribution in [0.25, 0.3) is 5.69 Å². The number of nitrogens with zero attached hydrogens (tertiary/aromatic N) is 1. The normalized spacial score (nSPS) is 12.1. The van der Waals surface area contributed by atoms with Crippen molar-refractivity contribution >= 4 is 5.91 Å². The van der Waals surface area contributed by atoms with Gasteiger partial charge in [0.05, 0.1) is 12.7 Å². The fourth-order valence-electron chi connectivity index (χ4n) is 2.04. The summed E-state index contributed by atoms with van der Waals surface area (Å²) in [6.45, 7) is 0.691. The van der Waals surface area contributed by atoms with E-state index in [9.17, 15) is 9.90 Å². The van der Waals surface area contributed by atoms with Crippen LogP contribution in [0.5, 0.6) is 0 Å². The van der Waals surface area contributed by atoms with Crippen LogP contribution < -0.4 is 5.32 Å². The van der Waals surface area contributed by atoms with Crippen molar-refractivity contribution in [3.8, 4) is 5.69 Å². The molecule has 0 saturated carbocycles. The zero-order chi connectivity index (χ0) is 15.1. The van der Waals surface area contributed by atoms with E-state index in [0.29, 0.717) is 18.5 Å². The number of amides is 1. The molecule has 5 nitrogen and oxygen atoms in total. The Labute approximate surface area is 124 Å². The van der Waals surface area contributed by atoms with Crippen molar-refractivity contribution in [1.29, 1.82) is 0 Å². The van der Waals surface area contributed by atoms with Crippen LogP contribution >= 0.6 is 0 Å². The van der Waals surface area contributed by atoms with E-state index in [1.165, 1.54) is 7.11 Å². The summed E-state index contributed by atoms with van der Waals surface area (Å²) in [4.78, 5) is 12.1. The fraction of sp³-hybridized carbons (Fsp3) is 0.312. The number of aliphatic hydroxyl groups excluding tert-OH is 1. The van der Waals surface area contributed by atoms with Crippen molar-refractivity contribution in [2.45, 2.75) is 12.5 Å². The zero-order valence-corrected chi connectivity index (χ0v) is 12.0. The third-order valence-electron chi connectivity index (χ3n) is 3.13. The van der Waals surface area contributed by atoms with E-state index < -0.39 is 6.10 Å². The molecular weight excluding hydrogens is 268 g/mol. The number of carbonyl (C=O) groups excluding carboxylic acids is 1. The molecule has 2 aromatic rings. The molecule has 5 heteroatoms. The van der Waals surface area contributed by atoms with Gasteiger partial charge in [-0.05, 0) is 36.8 Å². The van der Waals surface area contributed by atoms with E-state index in [1.54, 1.807) is 6.07 Å². The molecule has 0 radical (unpaired) electrons. The number of aromatic nitrogens is 1. The molecule has 1 amide bonds. The van der Waals surface area contributed by atoms with Crippen LogP contribution in [0.15, 0.2) is 48.8 Å². The summed E-state index contributed by atoms with van der Waals surface area (Å²) in [5.74, 6) is -0.145. The van der Waals surface area contributed by atoms with Crippen LogP contribution in [0.3, 0.4) is 0 Å². The van der Waals surface area contributed by atoms with E-state index >= 15 is 0 Å². The lowest BCUT2D eigenvalue weighted by Crippen LogP contribution is -2.28. The molecule has 0 aliphatic heterocycles. The van der Waals surface area contributed by atoms with Gasteiger partial charge >= 0.3 is 0 Å². The molecule has 1 aromatic carbocycles. The third kappa shape index (κ3) is 4.44. The Morgan fingerprint density at radius 3 is 2.81 bits per heavy atom. The third-order valence-corrected chi connectivity index (χ3v) is 3.13. The SMILES string of the molecule is COCC(O)CCNC(=O)c1cccc(-n2cccc2)c1. The fourth-order valence-corrected chi connectivity index (χ4v) is 2.04. The van der Waals surface area contributed by atoms with Gasteiger partial charge in [-0.1, -0.05) is 6.07 Å². The number of aliphatic hydroxyl groups is 1. The molecule has 0 aliphatic carbocycles. The second-order valence-electron chi connectivity index (χ2n) is 4.79. The maximum Gasteiger partial charge on any atom is 0.251 e. The zero-order valence-electron chi connectivity index (χ0n) is 12.0. The molecule has 21 heavy (non-hydrogen) atoms. The minimum atomic E-state index is -0.554. The number of hydrogen-bond acceptors (Lipinski definition) is 3. The smallest absolute Gasteiger partial charge is 0.251 e. The largest absolute Gasteiger partial charge is 0.391 e. The number of methoxy groups -OCH3 is 1. The number of rotatable bonds is 7. The molecule has 0 aliphatic rings. The van der Waals surface area contributed by atoms with Gasteiger partial charge in [0, 0.05) is 37.3 Å². The highest BCUT2D eigenvalue weighted by Crippen LogP contribution is 2.11. The molecule has 2 N–H and O–H groups in total. The molecule has 0 fully saturated rings. The molecule has 1 heterocycles. The second-order valence-corrected chi connectivity index (χ2v) is 4.79. The first-order valence-corrected chi connectivity index (χ1v) is 6.89. The first-order valence-electron chi connectivity index (χ1n) is 6.89. The van der Waals surface area contributed by atoms with Crippen molar-refractivity contribution in [2.75, 3.05) is 20.3 Å². The highest BCUT2D eigenvalue weighted by atomic mass is 16.5. The molecule has 0 spiro atoms. The second kappa shape index (κ2) is 7.61. The van der Waals surface area contributed by atoms with Gasteiger partial charge < -0.3 is 19.7 Å².